The number of nitrogens with one attached hydrogen (secondary N) is 1. The van der Waals surface area contributed by atoms with Crippen molar-refractivity contribution in [3.8, 4) is 11.5 Å². The van der Waals surface area contributed by atoms with Crippen LogP contribution in [0.3, 0.4) is 0 Å². The van der Waals surface area contributed by atoms with Crippen molar-refractivity contribution in [3.05, 3.63) is 47.5 Å². The van der Waals surface area contributed by atoms with Gasteiger partial charge in [-0.15, -0.1) is 0 Å². The average molecular weight is 504 g/mol. The van der Waals surface area contributed by atoms with Gasteiger partial charge in [0.2, 0.25) is 0 Å². The Bertz CT molecular complexity index is 1160. The van der Waals surface area contributed by atoms with Crippen molar-refractivity contribution in [2.45, 2.75) is 39.5 Å². The fourth-order valence-electron chi connectivity index (χ4n) is 3.96. The first kappa shape index (κ1) is 26.6. The van der Waals surface area contributed by atoms with Gasteiger partial charge in [-0.2, -0.15) is 0 Å². The zero-order chi connectivity index (χ0) is 25.4. The van der Waals surface area contributed by atoms with Crippen LogP contribution < -0.4 is 14.8 Å². The van der Waals surface area contributed by atoms with Crippen LogP contribution in [0.15, 0.2) is 36.7 Å². The molecule has 9 heteroatoms. The van der Waals surface area contributed by atoms with Crippen molar-refractivity contribution >= 4 is 39.8 Å². The molecule has 2 aromatic carbocycles. The number of rotatable bonds is 13. The lowest BCUT2D eigenvalue weighted by molar-refractivity contribution is -0.127. The summed E-state index contributed by atoms with van der Waals surface area (Å²) in [6.45, 7) is 4.09. The first-order valence-corrected chi connectivity index (χ1v) is 12.0. The lowest BCUT2D eigenvalue weighted by Crippen LogP contribution is -2.23. The van der Waals surface area contributed by atoms with Gasteiger partial charge >= 0.3 is 0 Å². The third-order valence-corrected chi connectivity index (χ3v) is 6.18. The topological polar surface area (TPSA) is 93.6 Å². The maximum atomic E-state index is 13.5. The van der Waals surface area contributed by atoms with Gasteiger partial charge in [0.05, 0.1) is 24.3 Å². The number of hydrogen-bond donors (Lipinski definition) is 2. The number of aliphatic hydroxyl groups excluding tert-OH is 1. The van der Waals surface area contributed by atoms with Gasteiger partial charge in [0.15, 0.2) is 17.3 Å². The Kier molecular flexibility index (Phi) is 9.63. The molecule has 188 valence electrons. The summed E-state index contributed by atoms with van der Waals surface area (Å²) in [4.78, 5) is 20.5. The number of Topliss-reactive ketones (excluding diaryl/α,β-unsaturated/α-hetero) is 1. The lowest BCUT2D eigenvalue weighted by atomic mass is 9.87. The average Bonchev–Trinajstić information content (AvgIpc) is 2.85. The van der Waals surface area contributed by atoms with Crippen molar-refractivity contribution in [2.24, 2.45) is 11.8 Å². The standard InChI is InChI=1S/C26H31ClFN3O4/c1-16(2)18(23(33)14-32)7-5-4-6-10-35-25-12-19-22(13-24(25)34-3)29-15-30-26(19)31-17-8-9-21(28)20(27)11-17/h8-9,11-13,15-16,18,32H,4-7,10,14H2,1-3H3,(H,29,30,31). The zero-order valence-corrected chi connectivity index (χ0v) is 20.9. The predicted molar refractivity (Wildman–Crippen MR) is 135 cm³/mol. The monoisotopic (exact) mass is 503 g/mol. The highest BCUT2D eigenvalue weighted by Gasteiger charge is 2.20. The number of methoxy groups -OCH3 is 1. The number of anilines is 2. The molecule has 0 aliphatic rings. The minimum Gasteiger partial charge on any atom is -0.493 e. The smallest absolute Gasteiger partial charge is 0.162 e. The third kappa shape index (κ3) is 7.02. The molecule has 0 saturated carbocycles. The Hall–Kier alpha value is -2.97. The van der Waals surface area contributed by atoms with E-state index in [1.807, 2.05) is 19.9 Å². The molecule has 0 fully saturated rings. The van der Waals surface area contributed by atoms with Crippen molar-refractivity contribution in [1.82, 2.24) is 9.97 Å². The molecule has 1 heterocycles. The quantitative estimate of drug-likeness (QED) is 0.278. The highest BCUT2D eigenvalue weighted by molar-refractivity contribution is 6.31. The highest BCUT2D eigenvalue weighted by atomic mass is 35.5. The maximum absolute atomic E-state index is 13.5. The number of ether oxygens (including phenoxy) is 2. The second-order valence-corrected chi connectivity index (χ2v) is 9.08. The number of carbonyl (C=O) groups is 1. The van der Waals surface area contributed by atoms with E-state index in [2.05, 4.69) is 15.3 Å². The second-order valence-electron chi connectivity index (χ2n) is 8.67. The number of aliphatic hydroxyl groups is 1. The number of halogens is 2. The fourth-order valence-corrected chi connectivity index (χ4v) is 4.14. The summed E-state index contributed by atoms with van der Waals surface area (Å²) in [5, 5.41) is 13.0. The van der Waals surface area contributed by atoms with E-state index >= 15 is 0 Å². The van der Waals surface area contributed by atoms with Gasteiger partial charge in [-0.25, -0.2) is 14.4 Å². The van der Waals surface area contributed by atoms with Gasteiger partial charge in [-0.1, -0.05) is 38.3 Å². The van der Waals surface area contributed by atoms with E-state index in [0.717, 1.165) is 25.7 Å². The molecule has 1 aromatic heterocycles. The van der Waals surface area contributed by atoms with Crippen molar-refractivity contribution in [1.29, 1.82) is 0 Å². The second kappa shape index (κ2) is 12.7. The number of nitrogens with zero attached hydrogens (tertiary/aromatic N) is 2. The minimum absolute atomic E-state index is 0.0134. The number of fused-ring (bicyclic) bond motifs is 1. The molecule has 0 spiro atoms. The Morgan fingerprint density at radius 1 is 1.14 bits per heavy atom. The molecule has 0 bridgehead atoms. The first-order chi connectivity index (χ1) is 16.8. The van der Waals surface area contributed by atoms with E-state index < -0.39 is 12.4 Å². The van der Waals surface area contributed by atoms with E-state index in [4.69, 9.17) is 26.2 Å². The molecule has 0 aliphatic heterocycles. The third-order valence-electron chi connectivity index (χ3n) is 5.89. The number of unbranched alkanes of at least 4 members (excludes halogenated alkanes) is 2. The van der Waals surface area contributed by atoms with Crippen molar-refractivity contribution < 1.29 is 23.8 Å². The number of aromatic nitrogens is 2. The predicted octanol–water partition coefficient (Wildman–Crippen LogP) is 5.95. The largest absolute Gasteiger partial charge is 0.493 e. The van der Waals surface area contributed by atoms with Gasteiger partial charge in [-0.3, -0.25) is 4.79 Å². The molecule has 1 unspecified atom stereocenters. The van der Waals surface area contributed by atoms with Crippen LogP contribution in [-0.4, -0.2) is 41.2 Å². The van der Waals surface area contributed by atoms with E-state index in [9.17, 15) is 9.18 Å². The molecule has 0 saturated heterocycles. The van der Waals surface area contributed by atoms with E-state index in [0.29, 0.717) is 40.5 Å². The molecule has 7 nitrogen and oxygen atoms in total. The van der Waals surface area contributed by atoms with Gasteiger partial charge in [-0.05, 0) is 43.0 Å². The van der Waals surface area contributed by atoms with E-state index in [-0.39, 0.29) is 22.6 Å². The summed E-state index contributed by atoms with van der Waals surface area (Å²) in [6.07, 6.45) is 4.79. The van der Waals surface area contributed by atoms with Crippen LogP contribution in [0, 0.1) is 17.7 Å². The van der Waals surface area contributed by atoms with Gasteiger partial charge in [0.1, 0.15) is 24.6 Å². The lowest BCUT2D eigenvalue weighted by Gasteiger charge is -2.18. The van der Waals surface area contributed by atoms with Crippen LogP contribution >= 0.6 is 11.6 Å². The SMILES string of the molecule is COc1cc2ncnc(Nc3ccc(F)c(Cl)c3)c2cc1OCCCCCC(C(=O)CO)C(C)C. The van der Waals surface area contributed by atoms with E-state index in [1.54, 1.807) is 19.2 Å². The van der Waals surface area contributed by atoms with Gasteiger partial charge < -0.3 is 19.9 Å². The molecule has 3 aromatic rings. The van der Waals surface area contributed by atoms with Crippen LogP contribution in [0.25, 0.3) is 10.9 Å². The molecular weight excluding hydrogens is 473 g/mol. The highest BCUT2D eigenvalue weighted by Crippen LogP contribution is 2.35. The summed E-state index contributed by atoms with van der Waals surface area (Å²) in [6, 6.07) is 7.95. The van der Waals surface area contributed by atoms with Crippen LogP contribution in [0.4, 0.5) is 15.9 Å². The Morgan fingerprint density at radius 2 is 1.94 bits per heavy atom. The first-order valence-electron chi connectivity index (χ1n) is 11.6. The summed E-state index contributed by atoms with van der Waals surface area (Å²) in [5.41, 5.74) is 1.25. The van der Waals surface area contributed by atoms with Gasteiger partial charge in [0, 0.05) is 23.1 Å². The molecule has 0 aliphatic carbocycles. The fraction of sp³-hybridized carbons (Fsp3) is 0.423. The van der Waals surface area contributed by atoms with Crippen LogP contribution in [0.5, 0.6) is 11.5 Å². The Labute approximate surface area is 209 Å². The minimum atomic E-state index is -0.495. The van der Waals surface area contributed by atoms with Crippen molar-refractivity contribution in [3.63, 3.8) is 0 Å². The molecular formula is C26H31ClFN3O4. The molecule has 2 N–H and O–H groups in total. The zero-order valence-electron chi connectivity index (χ0n) is 20.2. The number of carbonyl (C=O) groups excluding carboxylic acids is 1. The number of benzene rings is 2. The molecule has 0 amide bonds. The Balaban J connectivity index is 1.66. The number of ketones is 1. The normalized spacial score (nSPS) is 12.1. The van der Waals surface area contributed by atoms with Crippen LogP contribution in [0.2, 0.25) is 5.02 Å². The summed E-state index contributed by atoms with van der Waals surface area (Å²) < 4.78 is 25.0. The van der Waals surface area contributed by atoms with Gasteiger partial charge in [0.25, 0.3) is 0 Å². The maximum Gasteiger partial charge on any atom is 0.162 e. The van der Waals surface area contributed by atoms with E-state index in [1.165, 1.54) is 18.5 Å². The molecule has 0 radical (unpaired) electrons. The van der Waals surface area contributed by atoms with Crippen molar-refractivity contribution in [2.75, 3.05) is 25.6 Å². The summed E-state index contributed by atoms with van der Waals surface area (Å²) in [7, 11) is 1.57. The summed E-state index contributed by atoms with van der Waals surface area (Å²) in [5.74, 6) is 1.16. The van der Waals surface area contributed by atoms with Crippen LogP contribution in [-0.2, 0) is 4.79 Å². The summed E-state index contributed by atoms with van der Waals surface area (Å²) >= 11 is 5.90. The molecule has 3 rings (SSSR count). The molecule has 35 heavy (non-hydrogen) atoms. The van der Waals surface area contributed by atoms with Crippen LogP contribution in [0.1, 0.15) is 39.5 Å². The Morgan fingerprint density at radius 3 is 2.63 bits per heavy atom. The molecule has 1 atom stereocenters. The number of hydrogen-bond acceptors (Lipinski definition) is 7.